The first-order valence-electron chi connectivity index (χ1n) is 5.17. The molecule has 2 heterocycles. The highest BCUT2D eigenvalue weighted by Gasteiger charge is 2.20. The first kappa shape index (κ1) is 9.35. The largest absolute Gasteiger partial charge is 0.506 e. The highest BCUT2D eigenvalue weighted by atomic mass is 16.3. The van der Waals surface area contributed by atoms with Gasteiger partial charge in [-0.25, -0.2) is 4.98 Å². The van der Waals surface area contributed by atoms with E-state index in [-0.39, 0.29) is 17.4 Å². The molecule has 0 atom stereocenters. The fourth-order valence-electron chi connectivity index (χ4n) is 1.88. The summed E-state index contributed by atoms with van der Waals surface area (Å²) in [6.07, 6.45) is 1.51. The second kappa shape index (κ2) is 3.31. The van der Waals surface area contributed by atoms with Crippen LogP contribution >= 0.6 is 0 Å². The Morgan fingerprint density at radius 3 is 2.94 bits per heavy atom. The van der Waals surface area contributed by atoms with E-state index in [1.54, 1.807) is 16.7 Å². The molecule has 3 rings (SSSR count). The van der Waals surface area contributed by atoms with Crippen molar-refractivity contribution in [2.24, 2.45) is 0 Å². The van der Waals surface area contributed by atoms with E-state index in [0.717, 1.165) is 13.1 Å². The predicted molar refractivity (Wildman–Crippen MR) is 59.6 cm³/mol. The molecule has 2 aromatic rings. The SMILES string of the molecule is O=c1c2cccc(O)c2ncn1C1CNC1. The fraction of sp³-hybridized carbons (Fsp3) is 0.273. The molecule has 0 radical (unpaired) electrons. The molecule has 1 aromatic heterocycles. The summed E-state index contributed by atoms with van der Waals surface area (Å²) in [5, 5.41) is 13.1. The second-order valence-electron chi connectivity index (χ2n) is 3.94. The Morgan fingerprint density at radius 1 is 1.44 bits per heavy atom. The number of para-hydroxylation sites is 1. The summed E-state index contributed by atoms with van der Waals surface area (Å²) in [6, 6.07) is 5.06. The Kier molecular flexibility index (Phi) is 1.94. The Labute approximate surface area is 91.4 Å². The Hall–Kier alpha value is -1.88. The molecule has 1 aliphatic rings. The highest BCUT2D eigenvalue weighted by molar-refractivity contribution is 5.82. The lowest BCUT2D eigenvalue weighted by atomic mass is 10.1. The molecule has 1 saturated heterocycles. The first-order valence-corrected chi connectivity index (χ1v) is 5.17. The van der Waals surface area contributed by atoms with Crippen molar-refractivity contribution in [2.75, 3.05) is 13.1 Å². The third-order valence-electron chi connectivity index (χ3n) is 2.94. The van der Waals surface area contributed by atoms with Gasteiger partial charge < -0.3 is 10.4 Å². The number of nitrogens with zero attached hydrogens (tertiary/aromatic N) is 2. The zero-order chi connectivity index (χ0) is 11.1. The Bertz CT molecular complexity index is 602. The quantitative estimate of drug-likeness (QED) is 0.718. The van der Waals surface area contributed by atoms with E-state index in [0.29, 0.717) is 10.9 Å². The van der Waals surface area contributed by atoms with Crippen LogP contribution in [0.25, 0.3) is 10.9 Å². The molecule has 0 amide bonds. The van der Waals surface area contributed by atoms with Crippen LogP contribution in [0, 0.1) is 0 Å². The lowest BCUT2D eigenvalue weighted by Gasteiger charge is -2.28. The highest BCUT2D eigenvalue weighted by Crippen LogP contribution is 2.19. The van der Waals surface area contributed by atoms with Crippen LogP contribution in [-0.2, 0) is 0 Å². The molecule has 82 valence electrons. The monoisotopic (exact) mass is 217 g/mol. The molecule has 5 heteroatoms. The Balaban J connectivity index is 2.27. The molecular formula is C11H11N3O2. The average molecular weight is 217 g/mol. The maximum absolute atomic E-state index is 12.1. The van der Waals surface area contributed by atoms with Gasteiger partial charge in [-0.2, -0.15) is 0 Å². The zero-order valence-electron chi connectivity index (χ0n) is 8.55. The summed E-state index contributed by atoms with van der Waals surface area (Å²) >= 11 is 0. The summed E-state index contributed by atoms with van der Waals surface area (Å²) in [6.45, 7) is 1.60. The van der Waals surface area contributed by atoms with Gasteiger partial charge in [-0.1, -0.05) is 6.07 Å². The fourth-order valence-corrected chi connectivity index (χ4v) is 1.88. The first-order chi connectivity index (χ1) is 7.77. The van der Waals surface area contributed by atoms with Gasteiger partial charge in [-0.15, -0.1) is 0 Å². The predicted octanol–water partition coefficient (Wildman–Crippen LogP) is 0.246. The van der Waals surface area contributed by atoms with E-state index < -0.39 is 0 Å². The number of phenols is 1. The lowest BCUT2D eigenvalue weighted by Crippen LogP contribution is -2.46. The van der Waals surface area contributed by atoms with Gasteiger partial charge in [0.05, 0.1) is 17.8 Å². The van der Waals surface area contributed by atoms with Crippen LogP contribution in [0.3, 0.4) is 0 Å². The molecule has 16 heavy (non-hydrogen) atoms. The molecule has 0 bridgehead atoms. The molecule has 0 spiro atoms. The van der Waals surface area contributed by atoms with Crippen molar-refractivity contribution in [2.45, 2.75) is 6.04 Å². The molecule has 2 N–H and O–H groups in total. The van der Waals surface area contributed by atoms with Crippen molar-refractivity contribution < 1.29 is 5.11 Å². The van der Waals surface area contributed by atoms with Gasteiger partial charge in [0.25, 0.3) is 5.56 Å². The van der Waals surface area contributed by atoms with Gasteiger partial charge >= 0.3 is 0 Å². The molecule has 1 aromatic carbocycles. The molecular weight excluding hydrogens is 206 g/mol. The summed E-state index contributed by atoms with van der Waals surface area (Å²) < 4.78 is 1.62. The van der Waals surface area contributed by atoms with Crippen molar-refractivity contribution in [3.63, 3.8) is 0 Å². The number of aromatic hydroxyl groups is 1. The van der Waals surface area contributed by atoms with Gasteiger partial charge in [-0.3, -0.25) is 9.36 Å². The standard InChI is InChI=1S/C11H11N3O2/c15-9-3-1-2-8-10(9)13-6-14(11(8)16)7-4-12-5-7/h1-3,6-7,12,15H,4-5H2. The van der Waals surface area contributed by atoms with Crippen LogP contribution in [0.4, 0.5) is 0 Å². The molecule has 5 nitrogen and oxygen atoms in total. The summed E-state index contributed by atoms with van der Waals surface area (Å²) in [5.41, 5.74) is 0.281. The minimum Gasteiger partial charge on any atom is -0.506 e. The molecule has 1 fully saturated rings. The number of phenolic OH excluding ortho intramolecular Hbond substituents is 1. The minimum absolute atomic E-state index is 0.0495. The summed E-state index contributed by atoms with van der Waals surface area (Å²) in [4.78, 5) is 16.2. The van der Waals surface area contributed by atoms with Gasteiger partial charge in [0.1, 0.15) is 11.3 Å². The maximum atomic E-state index is 12.1. The van der Waals surface area contributed by atoms with Crippen molar-refractivity contribution >= 4 is 10.9 Å². The van der Waals surface area contributed by atoms with E-state index in [2.05, 4.69) is 10.3 Å². The van der Waals surface area contributed by atoms with E-state index in [1.165, 1.54) is 12.4 Å². The van der Waals surface area contributed by atoms with Gasteiger partial charge in [0.2, 0.25) is 0 Å². The van der Waals surface area contributed by atoms with Gasteiger partial charge in [0, 0.05) is 13.1 Å². The zero-order valence-corrected chi connectivity index (χ0v) is 8.55. The van der Waals surface area contributed by atoms with Crippen LogP contribution in [0.2, 0.25) is 0 Å². The number of aromatic nitrogens is 2. The number of hydrogen-bond donors (Lipinski definition) is 2. The summed E-state index contributed by atoms with van der Waals surface area (Å²) in [7, 11) is 0. The van der Waals surface area contributed by atoms with Crippen LogP contribution in [0.1, 0.15) is 6.04 Å². The third-order valence-corrected chi connectivity index (χ3v) is 2.94. The van der Waals surface area contributed by atoms with Crippen molar-refractivity contribution in [3.8, 4) is 5.75 Å². The van der Waals surface area contributed by atoms with Crippen LogP contribution in [-0.4, -0.2) is 27.7 Å². The Morgan fingerprint density at radius 2 is 2.25 bits per heavy atom. The molecule has 0 aliphatic carbocycles. The van der Waals surface area contributed by atoms with Gasteiger partial charge in [-0.05, 0) is 12.1 Å². The normalized spacial score (nSPS) is 16.2. The number of benzene rings is 1. The maximum Gasteiger partial charge on any atom is 0.261 e. The molecule has 1 aliphatic heterocycles. The minimum atomic E-state index is -0.0904. The number of fused-ring (bicyclic) bond motifs is 1. The second-order valence-corrected chi connectivity index (χ2v) is 3.94. The van der Waals surface area contributed by atoms with E-state index in [9.17, 15) is 9.90 Å². The van der Waals surface area contributed by atoms with E-state index in [1.807, 2.05) is 0 Å². The smallest absolute Gasteiger partial charge is 0.261 e. The van der Waals surface area contributed by atoms with E-state index in [4.69, 9.17) is 0 Å². The molecule has 0 saturated carbocycles. The van der Waals surface area contributed by atoms with Crippen LogP contribution in [0.5, 0.6) is 5.75 Å². The number of hydrogen-bond acceptors (Lipinski definition) is 4. The average Bonchev–Trinajstić information content (AvgIpc) is 2.20. The van der Waals surface area contributed by atoms with Gasteiger partial charge in [0.15, 0.2) is 0 Å². The van der Waals surface area contributed by atoms with Crippen molar-refractivity contribution in [1.82, 2.24) is 14.9 Å². The topological polar surface area (TPSA) is 67.1 Å². The van der Waals surface area contributed by atoms with Crippen molar-refractivity contribution in [3.05, 3.63) is 34.9 Å². The van der Waals surface area contributed by atoms with E-state index >= 15 is 0 Å². The van der Waals surface area contributed by atoms with Crippen molar-refractivity contribution in [1.29, 1.82) is 0 Å². The summed E-state index contributed by atoms with van der Waals surface area (Å²) in [5.74, 6) is 0.0495. The number of nitrogens with one attached hydrogen (secondary N) is 1. The lowest BCUT2D eigenvalue weighted by molar-refractivity contribution is 0.334. The van der Waals surface area contributed by atoms with Crippen LogP contribution < -0.4 is 10.9 Å². The third kappa shape index (κ3) is 1.22. The number of rotatable bonds is 1. The molecule has 0 unspecified atom stereocenters. The van der Waals surface area contributed by atoms with Crippen LogP contribution in [0.15, 0.2) is 29.3 Å².